The lowest BCUT2D eigenvalue weighted by Crippen LogP contribution is -2.41. The number of methoxy groups -OCH3 is 1. The maximum Gasteiger partial charge on any atom is 0.337 e. The Bertz CT molecular complexity index is 390. The highest BCUT2D eigenvalue weighted by molar-refractivity contribution is 5.77. The predicted octanol–water partition coefficient (Wildman–Crippen LogP) is 1.08. The van der Waals surface area contributed by atoms with Gasteiger partial charge in [0.1, 0.15) is 0 Å². The normalized spacial score (nSPS) is 14.1. The summed E-state index contributed by atoms with van der Waals surface area (Å²) in [4.78, 5) is 10.7. The zero-order valence-electron chi connectivity index (χ0n) is 9.93. The number of nitrogens with one attached hydrogen (secondary N) is 1. The van der Waals surface area contributed by atoms with E-state index in [4.69, 9.17) is 9.84 Å². The molecule has 0 fully saturated rings. The number of benzene rings is 1. The van der Waals surface area contributed by atoms with Crippen LogP contribution in [0.25, 0.3) is 0 Å². The highest BCUT2D eigenvalue weighted by atomic mass is 16.5. The maximum atomic E-state index is 10.7. The summed E-state index contributed by atoms with van der Waals surface area (Å²) in [6.07, 6.45) is 0. The first kappa shape index (κ1) is 13.5. The van der Waals surface area contributed by atoms with Gasteiger partial charge >= 0.3 is 5.97 Å². The largest absolute Gasteiger partial charge is 0.479 e. The quantitative estimate of drug-likeness (QED) is 0.692. The van der Waals surface area contributed by atoms with Crippen LogP contribution in [0.15, 0.2) is 24.3 Å². The number of carboxylic acids is 1. The zero-order chi connectivity index (χ0) is 12.9. The van der Waals surface area contributed by atoms with Gasteiger partial charge in [-0.05, 0) is 24.6 Å². The summed E-state index contributed by atoms with van der Waals surface area (Å²) in [5, 5.41) is 21.2. The number of hydrogen-bond donors (Lipinski definition) is 3. The molecule has 5 heteroatoms. The average Bonchev–Trinajstić information content (AvgIpc) is 2.27. The second-order valence-electron chi connectivity index (χ2n) is 4.07. The van der Waals surface area contributed by atoms with Crippen LogP contribution in [-0.2, 0) is 16.1 Å². The monoisotopic (exact) mass is 239 g/mol. The minimum absolute atomic E-state index is 0.0568. The molecule has 3 N–H and O–H groups in total. The van der Waals surface area contributed by atoms with Crippen molar-refractivity contribution in [3.05, 3.63) is 29.8 Å². The van der Waals surface area contributed by atoms with Crippen molar-refractivity contribution in [2.24, 2.45) is 0 Å². The van der Waals surface area contributed by atoms with Crippen LogP contribution < -0.4 is 5.32 Å². The van der Waals surface area contributed by atoms with Crippen LogP contribution in [0.5, 0.6) is 0 Å². The van der Waals surface area contributed by atoms with E-state index in [1.807, 2.05) is 18.2 Å². The molecule has 1 aromatic rings. The molecular formula is C12H17NO4. The molecule has 0 amide bonds. The lowest BCUT2D eigenvalue weighted by molar-refractivity contribution is -0.155. The summed E-state index contributed by atoms with van der Waals surface area (Å²) in [6, 6.07) is 7.40. The van der Waals surface area contributed by atoms with E-state index in [9.17, 15) is 9.90 Å². The van der Waals surface area contributed by atoms with Crippen LogP contribution in [0.2, 0.25) is 0 Å². The van der Waals surface area contributed by atoms with Crippen LogP contribution in [0.1, 0.15) is 12.5 Å². The average molecular weight is 239 g/mol. The smallest absolute Gasteiger partial charge is 0.337 e. The molecule has 0 bridgehead atoms. The first-order valence-corrected chi connectivity index (χ1v) is 5.23. The highest BCUT2D eigenvalue weighted by Gasteiger charge is 2.29. The molecule has 0 saturated carbocycles. The third kappa shape index (κ3) is 4.05. The topological polar surface area (TPSA) is 78.8 Å². The fourth-order valence-electron chi connectivity index (χ4n) is 1.29. The minimum atomic E-state index is -1.78. The van der Waals surface area contributed by atoms with E-state index in [1.54, 1.807) is 13.2 Å². The van der Waals surface area contributed by atoms with E-state index in [0.717, 1.165) is 11.3 Å². The zero-order valence-corrected chi connectivity index (χ0v) is 9.93. The second kappa shape index (κ2) is 5.65. The summed E-state index contributed by atoms with van der Waals surface area (Å²) in [5.74, 6) is -1.25. The molecule has 0 aliphatic heterocycles. The van der Waals surface area contributed by atoms with Crippen molar-refractivity contribution in [2.75, 3.05) is 19.0 Å². The fraction of sp³-hybridized carbons (Fsp3) is 0.417. The third-order valence-electron chi connectivity index (χ3n) is 2.34. The van der Waals surface area contributed by atoms with Crippen molar-refractivity contribution >= 4 is 11.7 Å². The van der Waals surface area contributed by atoms with Crippen molar-refractivity contribution in [3.63, 3.8) is 0 Å². The van der Waals surface area contributed by atoms with Crippen LogP contribution in [0, 0.1) is 0 Å². The lowest BCUT2D eigenvalue weighted by Gasteiger charge is -2.19. The molecule has 1 aromatic carbocycles. The van der Waals surface area contributed by atoms with E-state index in [2.05, 4.69) is 5.32 Å². The summed E-state index contributed by atoms with van der Waals surface area (Å²) in [5.41, 5.74) is -0.0504. The molecule has 0 spiro atoms. The Hall–Kier alpha value is -1.59. The van der Waals surface area contributed by atoms with Crippen LogP contribution >= 0.6 is 0 Å². The molecule has 0 aromatic heterocycles. The number of carbonyl (C=O) groups is 1. The highest BCUT2D eigenvalue weighted by Crippen LogP contribution is 2.13. The van der Waals surface area contributed by atoms with E-state index in [0.29, 0.717) is 6.61 Å². The number of carboxylic acid groups (broad SMARTS) is 1. The molecule has 1 rings (SSSR count). The van der Waals surface area contributed by atoms with Crippen LogP contribution in [-0.4, -0.2) is 35.4 Å². The van der Waals surface area contributed by atoms with Gasteiger partial charge in [0.2, 0.25) is 0 Å². The molecular weight excluding hydrogens is 222 g/mol. The Kier molecular flexibility index (Phi) is 4.48. The van der Waals surface area contributed by atoms with Gasteiger partial charge in [-0.3, -0.25) is 0 Å². The molecule has 1 unspecified atom stereocenters. The molecule has 0 aliphatic rings. The Morgan fingerprint density at radius 1 is 1.53 bits per heavy atom. The van der Waals surface area contributed by atoms with Gasteiger partial charge in [0.15, 0.2) is 5.60 Å². The summed E-state index contributed by atoms with van der Waals surface area (Å²) in [7, 11) is 1.61. The van der Waals surface area contributed by atoms with Gasteiger partial charge in [0.05, 0.1) is 13.2 Å². The summed E-state index contributed by atoms with van der Waals surface area (Å²) < 4.78 is 5.00. The number of anilines is 1. The van der Waals surface area contributed by atoms with Crippen molar-refractivity contribution in [1.29, 1.82) is 0 Å². The van der Waals surface area contributed by atoms with Gasteiger partial charge in [-0.25, -0.2) is 4.79 Å². The first-order chi connectivity index (χ1) is 7.95. The Morgan fingerprint density at radius 2 is 2.24 bits per heavy atom. The van der Waals surface area contributed by atoms with Crippen molar-refractivity contribution in [2.45, 2.75) is 19.1 Å². The van der Waals surface area contributed by atoms with Crippen molar-refractivity contribution in [3.8, 4) is 0 Å². The standard InChI is InChI=1S/C12H17NO4/c1-12(16,11(14)15)8-13-10-5-3-4-9(6-10)7-17-2/h3-6,13,16H,7-8H2,1-2H3,(H,14,15). The molecule has 5 nitrogen and oxygen atoms in total. The van der Waals surface area contributed by atoms with Gasteiger partial charge in [-0.2, -0.15) is 0 Å². The maximum absolute atomic E-state index is 10.7. The fourth-order valence-corrected chi connectivity index (χ4v) is 1.29. The Balaban J connectivity index is 2.63. The number of rotatable bonds is 6. The van der Waals surface area contributed by atoms with E-state index >= 15 is 0 Å². The molecule has 0 aliphatic carbocycles. The number of hydrogen-bond acceptors (Lipinski definition) is 4. The third-order valence-corrected chi connectivity index (χ3v) is 2.34. The van der Waals surface area contributed by atoms with E-state index in [-0.39, 0.29) is 6.54 Å². The molecule has 0 heterocycles. The van der Waals surface area contributed by atoms with Gasteiger partial charge in [0.25, 0.3) is 0 Å². The second-order valence-corrected chi connectivity index (χ2v) is 4.07. The first-order valence-electron chi connectivity index (χ1n) is 5.23. The number of aliphatic hydroxyl groups is 1. The van der Waals surface area contributed by atoms with Crippen molar-refractivity contribution < 1.29 is 19.7 Å². The van der Waals surface area contributed by atoms with E-state index in [1.165, 1.54) is 6.92 Å². The van der Waals surface area contributed by atoms with E-state index < -0.39 is 11.6 Å². The lowest BCUT2D eigenvalue weighted by atomic mass is 10.1. The predicted molar refractivity (Wildman–Crippen MR) is 63.9 cm³/mol. The summed E-state index contributed by atoms with van der Waals surface area (Å²) >= 11 is 0. The number of aliphatic carboxylic acids is 1. The molecule has 1 atom stereocenters. The SMILES string of the molecule is COCc1cccc(NCC(C)(O)C(=O)O)c1. The van der Waals surface area contributed by atoms with Crippen molar-refractivity contribution in [1.82, 2.24) is 0 Å². The van der Waals surface area contributed by atoms with Crippen LogP contribution in [0.3, 0.4) is 0 Å². The van der Waals surface area contributed by atoms with Crippen LogP contribution in [0.4, 0.5) is 5.69 Å². The number of ether oxygens (including phenoxy) is 1. The molecule has 17 heavy (non-hydrogen) atoms. The Morgan fingerprint density at radius 3 is 2.82 bits per heavy atom. The van der Waals surface area contributed by atoms with Gasteiger partial charge in [-0.1, -0.05) is 12.1 Å². The minimum Gasteiger partial charge on any atom is -0.479 e. The van der Waals surface area contributed by atoms with Gasteiger partial charge in [0, 0.05) is 12.8 Å². The molecule has 0 saturated heterocycles. The van der Waals surface area contributed by atoms with Gasteiger partial charge < -0.3 is 20.3 Å². The molecule has 0 radical (unpaired) electrons. The van der Waals surface area contributed by atoms with Gasteiger partial charge in [-0.15, -0.1) is 0 Å². The Labute approximate surface area is 100 Å². The molecule has 94 valence electrons. The summed E-state index contributed by atoms with van der Waals surface area (Å²) in [6.45, 7) is 1.69.